The predicted octanol–water partition coefficient (Wildman–Crippen LogP) is 0.642. The Hall–Kier alpha value is -0.870. The van der Waals surface area contributed by atoms with Gasteiger partial charge in [-0.1, -0.05) is 12.2 Å². The molecule has 0 spiro atoms. The van der Waals surface area contributed by atoms with Crippen molar-refractivity contribution < 1.29 is 14.6 Å². The zero-order valence-electron chi connectivity index (χ0n) is 8.12. The second-order valence-corrected chi connectivity index (χ2v) is 2.66. The minimum atomic E-state index is -0.873. The fourth-order valence-electron chi connectivity index (χ4n) is 0.892. The van der Waals surface area contributed by atoms with E-state index in [0.717, 1.165) is 6.42 Å². The summed E-state index contributed by atoms with van der Waals surface area (Å²) in [6.45, 7) is 2.79. The molecule has 0 aliphatic carbocycles. The number of carboxylic acids is 1. The summed E-state index contributed by atoms with van der Waals surface area (Å²) in [4.78, 5) is 10.6. The van der Waals surface area contributed by atoms with Gasteiger partial charge in [0, 0.05) is 7.11 Å². The third kappa shape index (κ3) is 6.31. The van der Waals surface area contributed by atoms with Crippen LogP contribution in [0.15, 0.2) is 12.2 Å². The van der Waals surface area contributed by atoms with Gasteiger partial charge in [0.2, 0.25) is 0 Å². The van der Waals surface area contributed by atoms with Gasteiger partial charge in [0.05, 0.1) is 6.61 Å². The van der Waals surface area contributed by atoms with Crippen LogP contribution in [-0.4, -0.2) is 37.4 Å². The molecule has 0 rings (SSSR count). The first-order valence-electron chi connectivity index (χ1n) is 4.28. The number of allylic oxidation sites excluding steroid dienone is 1. The van der Waals surface area contributed by atoms with Crippen LogP contribution in [0.3, 0.4) is 0 Å². The van der Waals surface area contributed by atoms with E-state index in [1.165, 1.54) is 7.11 Å². The maximum atomic E-state index is 10.6. The predicted molar refractivity (Wildman–Crippen MR) is 50.7 cm³/mol. The summed E-state index contributed by atoms with van der Waals surface area (Å²) in [6, 6.07) is -0.602. The minimum absolute atomic E-state index is 0.200. The summed E-state index contributed by atoms with van der Waals surface area (Å²) >= 11 is 0. The highest BCUT2D eigenvalue weighted by molar-refractivity contribution is 5.73. The number of carbonyl (C=O) groups is 1. The minimum Gasteiger partial charge on any atom is -0.480 e. The van der Waals surface area contributed by atoms with Crippen molar-refractivity contribution in [1.29, 1.82) is 0 Å². The average Bonchev–Trinajstić information content (AvgIpc) is 2.10. The van der Waals surface area contributed by atoms with Gasteiger partial charge in [0.15, 0.2) is 0 Å². The molecule has 0 saturated heterocycles. The van der Waals surface area contributed by atoms with Crippen LogP contribution in [0.4, 0.5) is 0 Å². The van der Waals surface area contributed by atoms with E-state index < -0.39 is 12.0 Å². The van der Waals surface area contributed by atoms with E-state index in [4.69, 9.17) is 9.84 Å². The third-order valence-electron chi connectivity index (χ3n) is 1.57. The Bertz CT molecular complexity index is 168. The third-order valence-corrected chi connectivity index (χ3v) is 1.57. The van der Waals surface area contributed by atoms with Crippen LogP contribution in [-0.2, 0) is 9.53 Å². The molecule has 0 aromatic heterocycles. The van der Waals surface area contributed by atoms with Crippen LogP contribution in [0, 0.1) is 0 Å². The van der Waals surface area contributed by atoms with Gasteiger partial charge in [0.1, 0.15) is 6.04 Å². The average molecular weight is 187 g/mol. The fourth-order valence-corrected chi connectivity index (χ4v) is 0.892. The largest absolute Gasteiger partial charge is 0.480 e. The van der Waals surface area contributed by atoms with E-state index >= 15 is 0 Å². The molecule has 0 aliphatic rings. The van der Waals surface area contributed by atoms with Crippen molar-refractivity contribution in [3.05, 3.63) is 12.2 Å². The summed E-state index contributed by atoms with van der Waals surface area (Å²) in [6.07, 6.45) is 4.76. The lowest BCUT2D eigenvalue weighted by Crippen LogP contribution is -2.40. The molecule has 4 nitrogen and oxygen atoms in total. The molecule has 0 bridgehead atoms. The Morgan fingerprint density at radius 2 is 2.38 bits per heavy atom. The fraction of sp³-hybridized carbons (Fsp3) is 0.667. The van der Waals surface area contributed by atoms with Crippen molar-refractivity contribution in [3.8, 4) is 0 Å². The van der Waals surface area contributed by atoms with Gasteiger partial charge < -0.3 is 15.2 Å². The van der Waals surface area contributed by atoms with E-state index in [9.17, 15) is 4.79 Å². The number of nitrogens with one attached hydrogen (secondary N) is 1. The molecule has 0 aliphatic heterocycles. The maximum Gasteiger partial charge on any atom is 0.323 e. The highest BCUT2D eigenvalue weighted by Crippen LogP contribution is 1.87. The number of aliphatic carboxylic acids is 1. The first kappa shape index (κ1) is 12.1. The molecule has 13 heavy (non-hydrogen) atoms. The quantitative estimate of drug-likeness (QED) is 0.453. The number of hydrogen-bond donors (Lipinski definition) is 2. The van der Waals surface area contributed by atoms with Gasteiger partial charge in [0.25, 0.3) is 0 Å². The van der Waals surface area contributed by atoms with Gasteiger partial charge in [-0.25, -0.2) is 0 Å². The molecule has 0 aromatic rings. The van der Waals surface area contributed by atoms with Crippen LogP contribution in [0.5, 0.6) is 0 Å². The van der Waals surface area contributed by atoms with Gasteiger partial charge in [-0.15, -0.1) is 0 Å². The second-order valence-electron chi connectivity index (χ2n) is 2.66. The summed E-state index contributed by atoms with van der Waals surface area (Å²) in [5.74, 6) is -0.873. The van der Waals surface area contributed by atoms with Crippen molar-refractivity contribution in [1.82, 2.24) is 5.32 Å². The topological polar surface area (TPSA) is 58.6 Å². The lowest BCUT2D eigenvalue weighted by atomic mass is 10.3. The smallest absolute Gasteiger partial charge is 0.323 e. The van der Waals surface area contributed by atoms with Gasteiger partial charge in [-0.05, 0) is 19.9 Å². The van der Waals surface area contributed by atoms with Crippen LogP contribution in [0.25, 0.3) is 0 Å². The Morgan fingerprint density at radius 1 is 1.69 bits per heavy atom. The maximum absolute atomic E-state index is 10.6. The zero-order valence-corrected chi connectivity index (χ0v) is 8.12. The van der Waals surface area contributed by atoms with E-state index in [2.05, 4.69) is 5.32 Å². The molecule has 4 heteroatoms. The molecule has 0 amide bonds. The Morgan fingerprint density at radius 3 is 2.85 bits per heavy atom. The highest BCUT2D eigenvalue weighted by Gasteiger charge is 2.14. The SMILES string of the molecule is C/C=C/CCNC(COC)C(=O)O. The molecule has 0 aromatic carbocycles. The van der Waals surface area contributed by atoms with E-state index in [1.54, 1.807) is 0 Å². The molecule has 1 atom stereocenters. The van der Waals surface area contributed by atoms with Crippen molar-refractivity contribution in [2.45, 2.75) is 19.4 Å². The van der Waals surface area contributed by atoms with Crippen molar-refractivity contribution >= 4 is 5.97 Å². The summed E-state index contributed by atoms with van der Waals surface area (Å²) in [7, 11) is 1.49. The number of carboxylic acid groups (broad SMARTS) is 1. The number of rotatable bonds is 7. The number of hydrogen-bond acceptors (Lipinski definition) is 3. The molecule has 0 saturated carbocycles. The summed E-state index contributed by atoms with van der Waals surface area (Å²) in [5, 5.41) is 11.6. The first-order chi connectivity index (χ1) is 6.22. The van der Waals surface area contributed by atoms with E-state index in [-0.39, 0.29) is 6.61 Å². The van der Waals surface area contributed by atoms with Gasteiger partial charge >= 0.3 is 5.97 Å². The highest BCUT2D eigenvalue weighted by atomic mass is 16.5. The molecule has 1 unspecified atom stereocenters. The van der Waals surface area contributed by atoms with Crippen molar-refractivity contribution in [2.75, 3.05) is 20.3 Å². The second kappa shape index (κ2) is 7.76. The van der Waals surface area contributed by atoms with Gasteiger partial charge in [-0.2, -0.15) is 0 Å². The lowest BCUT2D eigenvalue weighted by molar-refractivity contribution is -0.140. The zero-order chi connectivity index (χ0) is 10.1. The van der Waals surface area contributed by atoms with Gasteiger partial charge in [-0.3, -0.25) is 4.79 Å². The van der Waals surface area contributed by atoms with E-state index in [0.29, 0.717) is 6.54 Å². The Kier molecular flexibility index (Phi) is 7.24. The standard InChI is InChI=1S/C9H17NO3/c1-3-4-5-6-10-8(7-13-2)9(11)12/h3-4,8,10H,5-7H2,1-2H3,(H,11,12)/b4-3+. The molecular formula is C9H17NO3. The first-order valence-corrected chi connectivity index (χ1v) is 4.28. The molecule has 0 heterocycles. The van der Waals surface area contributed by atoms with E-state index in [1.807, 2.05) is 19.1 Å². The Labute approximate surface area is 78.6 Å². The Balaban J connectivity index is 3.63. The number of methoxy groups -OCH3 is 1. The molecular weight excluding hydrogens is 170 g/mol. The van der Waals surface area contributed by atoms with Crippen LogP contribution < -0.4 is 5.32 Å². The summed E-state index contributed by atoms with van der Waals surface area (Å²) < 4.78 is 4.76. The van der Waals surface area contributed by atoms with Crippen molar-refractivity contribution in [2.24, 2.45) is 0 Å². The van der Waals surface area contributed by atoms with Crippen LogP contribution >= 0.6 is 0 Å². The monoisotopic (exact) mass is 187 g/mol. The normalized spacial score (nSPS) is 13.4. The molecule has 2 N–H and O–H groups in total. The molecule has 76 valence electrons. The van der Waals surface area contributed by atoms with Crippen LogP contribution in [0.2, 0.25) is 0 Å². The molecule has 0 radical (unpaired) electrons. The summed E-state index contributed by atoms with van der Waals surface area (Å²) in [5.41, 5.74) is 0. The lowest BCUT2D eigenvalue weighted by Gasteiger charge is -2.11. The molecule has 0 fully saturated rings. The number of ether oxygens (including phenoxy) is 1. The van der Waals surface area contributed by atoms with Crippen LogP contribution in [0.1, 0.15) is 13.3 Å². The van der Waals surface area contributed by atoms with Crippen molar-refractivity contribution in [3.63, 3.8) is 0 Å².